The molecule has 0 aromatic heterocycles. The van der Waals surface area contributed by atoms with Crippen LogP contribution in [-0.2, 0) is 14.4 Å². The summed E-state index contributed by atoms with van der Waals surface area (Å²) in [5.41, 5.74) is 0. The van der Waals surface area contributed by atoms with Crippen molar-refractivity contribution in [1.29, 1.82) is 0 Å². The molecule has 76 valence electrons. The van der Waals surface area contributed by atoms with Gasteiger partial charge in [0.25, 0.3) is 0 Å². The lowest BCUT2D eigenvalue weighted by molar-refractivity contribution is -0.131. The van der Waals surface area contributed by atoms with E-state index in [4.69, 9.17) is 5.11 Å². The van der Waals surface area contributed by atoms with Crippen molar-refractivity contribution in [1.82, 2.24) is 0 Å². The molecule has 4 nitrogen and oxygen atoms in total. The molecule has 0 aromatic rings. The van der Waals surface area contributed by atoms with Crippen molar-refractivity contribution in [2.45, 2.75) is 19.8 Å². The van der Waals surface area contributed by atoms with Crippen molar-refractivity contribution in [2.24, 2.45) is 0 Å². The molecule has 1 N–H and O–H groups in total. The number of hydrogen-bond acceptors (Lipinski definition) is 3. The number of carboxylic acid groups (broad SMARTS) is 1. The first-order chi connectivity index (χ1) is 6.52. The van der Waals surface area contributed by atoms with Crippen LogP contribution in [0.4, 0.5) is 0 Å². The number of allylic oxidation sites excluding steroid dienone is 3. The minimum Gasteiger partial charge on any atom is -0.478 e. The van der Waals surface area contributed by atoms with Gasteiger partial charge in [0, 0.05) is 12.5 Å². The fraction of sp³-hybridized carbons (Fsp3) is 0.300. The zero-order chi connectivity index (χ0) is 11.0. The predicted octanol–water partition coefficient (Wildman–Crippen LogP) is 1.12. The highest BCUT2D eigenvalue weighted by Crippen LogP contribution is 1.94. The van der Waals surface area contributed by atoms with Gasteiger partial charge >= 0.3 is 5.97 Å². The van der Waals surface area contributed by atoms with E-state index in [1.54, 1.807) is 6.08 Å². The Hall–Kier alpha value is -1.71. The zero-order valence-electron chi connectivity index (χ0n) is 7.90. The molecule has 0 saturated heterocycles. The van der Waals surface area contributed by atoms with Crippen LogP contribution in [0.15, 0.2) is 24.3 Å². The van der Waals surface area contributed by atoms with Crippen LogP contribution in [0.5, 0.6) is 0 Å². The second-order valence-corrected chi connectivity index (χ2v) is 2.69. The minimum atomic E-state index is -1.14. The molecule has 14 heavy (non-hydrogen) atoms. The number of aliphatic carboxylic acids is 1. The van der Waals surface area contributed by atoms with Crippen molar-refractivity contribution in [3.63, 3.8) is 0 Å². The van der Waals surface area contributed by atoms with Gasteiger partial charge in [-0.3, -0.25) is 9.59 Å². The summed E-state index contributed by atoms with van der Waals surface area (Å²) in [5, 5.41) is 8.21. The third kappa shape index (κ3) is 8.39. The lowest BCUT2D eigenvalue weighted by atomic mass is 10.2. The van der Waals surface area contributed by atoms with E-state index in [-0.39, 0.29) is 18.0 Å². The molecule has 0 amide bonds. The van der Waals surface area contributed by atoms with Gasteiger partial charge in [-0.25, -0.2) is 4.79 Å². The van der Waals surface area contributed by atoms with Gasteiger partial charge < -0.3 is 5.11 Å². The Balaban J connectivity index is 3.75. The molecule has 0 radical (unpaired) electrons. The quantitative estimate of drug-likeness (QED) is 0.646. The first-order valence-electron chi connectivity index (χ1n) is 4.13. The van der Waals surface area contributed by atoms with Crippen molar-refractivity contribution in [3.05, 3.63) is 24.3 Å². The Morgan fingerprint density at radius 1 is 1.14 bits per heavy atom. The largest absolute Gasteiger partial charge is 0.478 e. The van der Waals surface area contributed by atoms with E-state index >= 15 is 0 Å². The number of rotatable bonds is 6. The summed E-state index contributed by atoms with van der Waals surface area (Å²) < 4.78 is 0. The Morgan fingerprint density at radius 2 is 1.79 bits per heavy atom. The SMILES string of the molecule is CC(=O)C=CCCC(=O)C=CC(=O)O. The molecule has 0 atom stereocenters. The van der Waals surface area contributed by atoms with Gasteiger partial charge in [0.1, 0.15) is 0 Å². The normalized spacial score (nSPS) is 10.9. The summed E-state index contributed by atoms with van der Waals surface area (Å²) >= 11 is 0. The molecule has 0 saturated carbocycles. The molecular formula is C10H12O4. The van der Waals surface area contributed by atoms with Crippen LogP contribution in [0.25, 0.3) is 0 Å². The summed E-state index contributed by atoms with van der Waals surface area (Å²) in [4.78, 5) is 31.4. The highest BCUT2D eigenvalue weighted by molar-refractivity contribution is 5.95. The molecule has 4 heteroatoms. The van der Waals surface area contributed by atoms with Gasteiger partial charge in [-0.2, -0.15) is 0 Å². The van der Waals surface area contributed by atoms with Gasteiger partial charge in [0.05, 0.1) is 0 Å². The van der Waals surface area contributed by atoms with Crippen LogP contribution in [-0.4, -0.2) is 22.6 Å². The van der Waals surface area contributed by atoms with Gasteiger partial charge in [-0.15, -0.1) is 0 Å². The molecule has 0 spiro atoms. The second-order valence-electron chi connectivity index (χ2n) is 2.69. The summed E-state index contributed by atoms with van der Waals surface area (Å²) in [6.07, 6.45) is 5.46. The van der Waals surface area contributed by atoms with E-state index in [9.17, 15) is 14.4 Å². The molecule has 0 aromatic carbocycles. The van der Waals surface area contributed by atoms with E-state index in [1.165, 1.54) is 13.0 Å². The van der Waals surface area contributed by atoms with E-state index in [1.807, 2.05) is 0 Å². The van der Waals surface area contributed by atoms with Gasteiger partial charge in [0.2, 0.25) is 0 Å². The number of ketones is 2. The van der Waals surface area contributed by atoms with Crippen LogP contribution in [0.2, 0.25) is 0 Å². The van der Waals surface area contributed by atoms with Crippen LogP contribution >= 0.6 is 0 Å². The van der Waals surface area contributed by atoms with Crippen LogP contribution in [0.3, 0.4) is 0 Å². The highest BCUT2D eigenvalue weighted by Gasteiger charge is 1.95. The predicted molar refractivity (Wildman–Crippen MR) is 50.8 cm³/mol. The fourth-order valence-electron chi connectivity index (χ4n) is 0.722. The first kappa shape index (κ1) is 12.3. The molecule has 0 aliphatic carbocycles. The Bertz CT molecular complexity index is 286. The van der Waals surface area contributed by atoms with Crippen molar-refractivity contribution in [3.8, 4) is 0 Å². The molecule has 0 aliphatic rings. The van der Waals surface area contributed by atoms with Crippen molar-refractivity contribution < 1.29 is 19.5 Å². The summed E-state index contributed by atoms with van der Waals surface area (Å²) in [6.45, 7) is 1.42. The molecular weight excluding hydrogens is 184 g/mol. The maximum atomic E-state index is 10.9. The molecule has 0 unspecified atom stereocenters. The van der Waals surface area contributed by atoms with Crippen molar-refractivity contribution >= 4 is 17.5 Å². The van der Waals surface area contributed by atoms with Gasteiger partial charge in [0.15, 0.2) is 11.6 Å². The van der Waals surface area contributed by atoms with Crippen molar-refractivity contribution in [2.75, 3.05) is 0 Å². The molecule has 0 fully saturated rings. The summed E-state index contributed by atoms with van der Waals surface area (Å²) in [6, 6.07) is 0. The van der Waals surface area contributed by atoms with Crippen LogP contribution < -0.4 is 0 Å². The van der Waals surface area contributed by atoms with Crippen LogP contribution in [0.1, 0.15) is 19.8 Å². The summed E-state index contributed by atoms with van der Waals surface area (Å²) in [5.74, 6) is -1.48. The molecule has 0 bridgehead atoms. The smallest absolute Gasteiger partial charge is 0.328 e. The summed E-state index contributed by atoms with van der Waals surface area (Å²) in [7, 11) is 0. The number of carbonyl (C=O) groups excluding carboxylic acids is 2. The van der Waals surface area contributed by atoms with E-state index < -0.39 is 5.97 Å². The minimum absolute atomic E-state index is 0.0708. The third-order valence-electron chi connectivity index (χ3n) is 1.32. The van der Waals surface area contributed by atoms with E-state index in [0.717, 1.165) is 12.2 Å². The lowest BCUT2D eigenvalue weighted by Gasteiger charge is -1.88. The van der Waals surface area contributed by atoms with Crippen LogP contribution in [0, 0.1) is 0 Å². The maximum Gasteiger partial charge on any atom is 0.328 e. The molecule has 0 aliphatic heterocycles. The van der Waals surface area contributed by atoms with E-state index in [0.29, 0.717) is 6.42 Å². The molecule has 0 rings (SSSR count). The topological polar surface area (TPSA) is 71.4 Å². The lowest BCUT2D eigenvalue weighted by Crippen LogP contribution is -1.94. The first-order valence-corrected chi connectivity index (χ1v) is 4.13. The maximum absolute atomic E-state index is 10.9. The Labute approximate surface area is 81.9 Å². The Kier molecular flexibility index (Phi) is 5.94. The average molecular weight is 196 g/mol. The number of carbonyl (C=O) groups is 3. The van der Waals surface area contributed by atoms with E-state index in [2.05, 4.69) is 0 Å². The van der Waals surface area contributed by atoms with Gasteiger partial charge in [-0.1, -0.05) is 6.08 Å². The monoisotopic (exact) mass is 196 g/mol. The Morgan fingerprint density at radius 3 is 2.29 bits per heavy atom. The number of hydrogen-bond donors (Lipinski definition) is 1. The molecule has 0 heterocycles. The van der Waals surface area contributed by atoms with Gasteiger partial charge in [-0.05, 0) is 25.5 Å². The third-order valence-corrected chi connectivity index (χ3v) is 1.32. The second kappa shape index (κ2) is 6.77. The highest BCUT2D eigenvalue weighted by atomic mass is 16.4. The average Bonchev–Trinajstić information content (AvgIpc) is 2.08. The fourth-order valence-corrected chi connectivity index (χ4v) is 0.722. The number of carboxylic acids is 1. The standard InChI is InChI=1S/C10H12O4/c1-8(11)4-2-3-5-9(12)6-7-10(13)14/h2,4,6-7H,3,5H2,1H3,(H,13,14). The zero-order valence-corrected chi connectivity index (χ0v) is 7.90.